The summed E-state index contributed by atoms with van der Waals surface area (Å²) in [7, 11) is 0. The van der Waals surface area contributed by atoms with E-state index in [1.54, 1.807) is 20.8 Å². The fourth-order valence-electron chi connectivity index (χ4n) is 7.74. The van der Waals surface area contributed by atoms with Crippen LogP contribution in [0, 0.1) is 40.4 Å². The molecule has 0 bridgehead atoms. The van der Waals surface area contributed by atoms with E-state index in [1.807, 2.05) is 13.8 Å². The summed E-state index contributed by atoms with van der Waals surface area (Å²) in [4.78, 5) is 36.3. The number of ether oxygens (including phenoxy) is 2. The smallest absolute Gasteiger partial charge is 0.306 e. The zero-order chi connectivity index (χ0) is 28.0. The molecule has 3 saturated carbocycles. The molecule has 0 amide bonds. The summed E-state index contributed by atoms with van der Waals surface area (Å²) in [5, 5.41) is 11.5. The maximum Gasteiger partial charge on any atom is 0.306 e. The van der Waals surface area contributed by atoms with Crippen LogP contribution < -0.4 is 0 Å². The molecule has 4 aliphatic carbocycles. The van der Waals surface area contributed by atoms with Gasteiger partial charge < -0.3 is 14.6 Å². The van der Waals surface area contributed by atoms with Gasteiger partial charge in [0.05, 0.1) is 6.10 Å². The summed E-state index contributed by atoms with van der Waals surface area (Å²) in [6.45, 7) is 8.71. The number of esters is 2. The number of hydrogen-bond donors (Lipinski definition) is 1. The molecule has 38 heavy (non-hydrogen) atoms. The Bertz CT molecular complexity index is 1130. The van der Waals surface area contributed by atoms with E-state index in [-0.39, 0.29) is 73.6 Å². The number of ketones is 1. The number of hydrogen-bond acceptors (Lipinski definition) is 6. The molecular formula is C30H38F2O6. The van der Waals surface area contributed by atoms with Crippen LogP contribution in [0.25, 0.3) is 0 Å². The molecule has 0 aromatic heterocycles. The molecule has 0 aliphatic heterocycles. The van der Waals surface area contributed by atoms with Gasteiger partial charge in [-0.15, -0.1) is 0 Å². The lowest BCUT2D eigenvalue weighted by atomic mass is 9.45. The predicted octanol–water partition coefficient (Wildman–Crippen LogP) is 4.59. The van der Waals surface area contributed by atoms with Gasteiger partial charge in [-0.3, -0.25) is 14.4 Å². The molecule has 0 saturated heterocycles. The maximum absolute atomic E-state index is 17.6. The van der Waals surface area contributed by atoms with Crippen LogP contribution in [-0.2, 0) is 23.9 Å². The zero-order valence-electron chi connectivity index (χ0n) is 22.8. The molecule has 0 aromatic rings. The molecule has 3 fully saturated rings. The van der Waals surface area contributed by atoms with E-state index in [9.17, 15) is 19.5 Å². The number of halogens is 2. The molecule has 8 heteroatoms. The fourth-order valence-corrected chi connectivity index (χ4v) is 7.74. The highest BCUT2D eigenvalue weighted by Crippen LogP contribution is 2.69. The van der Waals surface area contributed by atoms with E-state index in [2.05, 4.69) is 11.8 Å². The van der Waals surface area contributed by atoms with Crippen molar-refractivity contribution in [2.45, 2.75) is 97.2 Å². The fraction of sp³-hybridized carbons (Fsp3) is 0.700. The van der Waals surface area contributed by atoms with Crippen LogP contribution in [0.15, 0.2) is 23.3 Å². The van der Waals surface area contributed by atoms with Gasteiger partial charge in [0.1, 0.15) is 12.3 Å². The number of carbonyl (C=O) groups excluding carboxylic acids is 3. The van der Waals surface area contributed by atoms with Gasteiger partial charge >= 0.3 is 11.9 Å². The molecule has 9 atom stereocenters. The van der Waals surface area contributed by atoms with Crippen molar-refractivity contribution in [2.24, 2.45) is 28.6 Å². The summed E-state index contributed by atoms with van der Waals surface area (Å²) in [6, 6.07) is 0. The quantitative estimate of drug-likeness (QED) is 0.412. The highest BCUT2D eigenvalue weighted by atomic mass is 19.1. The Labute approximate surface area is 223 Å². The SMILES string of the molecule is CCC(=O)OCC#CCC1=C[C@@]2(C)C(=CC1=O)[C@@H](F)C[C@H]1[C@@H]3C[C@@H](C)[C@H](OC(=O)CC)[C@@]3(C)C[C@H](O)[C@@]12F. The van der Waals surface area contributed by atoms with Crippen molar-refractivity contribution in [3.05, 3.63) is 23.3 Å². The first-order valence-corrected chi connectivity index (χ1v) is 13.6. The molecule has 0 radical (unpaired) electrons. The molecule has 0 spiro atoms. The first-order valence-electron chi connectivity index (χ1n) is 13.6. The number of alkyl halides is 2. The van der Waals surface area contributed by atoms with Crippen molar-refractivity contribution < 1.29 is 37.7 Å². The van der Waals surface area contributed by atoms with Gasteiger partial charge in [-0.05, 0) is 49.7 Å². The predicted molar refractivity (Wildman–Crippen MR) is 136 cm³/mol. The Balaban J connectivity index is 1.68. The van der Waals surface area contributed by atoms with Crippen molar-refractivity contribution >= 4 is 17.7 Å². The monoisotopic (exact) mass is 532 g/mol. The van der Waals surface area contributed by atoms with Crippen LogP contribution in [0.4, 0.5) is 8.78 Å². The Morgan fingerprint density at radius 2 is 1.82 bits per heavy atom. The molecule has 4 aliphatic rings. The summed E-state index contributed by atoms with van der Waals surface area (Å²) < 4.78 is 44.1. The minimum absolute atomic E-state index is 0.0110. The third-order valence-electron chi connectivity index (χ3n) is 9.59. The number of fused-ring (bicyclic) bond motifs is 5. The summed E-state index contributed by atoms with van der Waals surface area (Å²) in [5.74, 6) is 3.12. The largest absolute Gasteiger partial charge is 0.461 e. The second kappa shape index (κ2) is 10.2. The molecule has 208 valence electrons. The van der Waals surface area contributed by atoms with Crippen LogP contribution in [-0.4, -0.2) is 53.5 Å². The molecular weight excluding hydrogens is 494 g/mol. The molecule has 4 rings (SSSR count). The van der Waals surface area contributed by atoms with Gasteiger partial charge in [0.2, 0.25) is 0 Å². The van der Waals surface area contributed by atoms with Crippen LogP contribution in [0.1, 0.15) is 73.1 Å². The summed E-state index contributed by atoms with van der Waals surface area (Å²) >= 11 is 0. The van der Waals surface area contributed by atoms with Gasteiger partial charge in [-0.1, -0.05) is 45.6 Å². The van der Waals surface area contributed by atoms with Gasteiger partial charge in [0.15, 0.2) is 18.1 Å². The number of carbonyl (C=O) groups is 3. The Hall–Kier alpha value is -2.53. The molecule has 6 nitrogen and oxygen atoms in total. The van der Waals surface area contributed by atoms with Crippen LogP contribution in [0.2, 0.25) is 0 Å². The van der Waals surface area contributed by atoms with E-state index in [0.29, 0.717) is 6.42 Å². The van der Waals surface area contributed by atoms with Crippen molar-refractivity contribution in [1.29, 1.82) is 0 Å². The first kappa shape index (κ1) is 28.5. The lowest BCUT2D eigenvalue weighted by molar-refractivity contribution is -0.212. The highest BCUT2D eigenvalue weighted by molar-refractivity contribution is 6.06. The number of aliphatic hydroxyl groups excluding tert-OH is 1. The van der Waals surface area contributed by atoms with E-state index in [1.165, 1.54) is 12.2 Å². The topological polar surface area (TPSA) is 89.9 Å². The standard InChI is InChI=1S/C30H38F2O6/c1-6-25(35)37-11-9-8-10-18-15-29(5)21(14-23(18)33)22(31)13-20-19-12-17(3)27(38-26(36)7-2)28(19,4)16-24(34)30(20,29)32/h14-15,17,19-20,22,24,27,34H,6-7,10-13,16H2,1-5H3/t17-,19+,20+,22+,24+,27+,28+,29+,30+/m1/s1. The second-order valence-corrected chi connectivity index (χ2v) is 11.8. The lowest BCUT2D eigenvalue weighted by Gasteiger charge is -2.62. The highest BCUT2D eigenvalue weighted by Gasteiger charge is 2.73. The van der Waals surface area contributed by atoms with Crippen LogP contribution in [0.3, 0.4) is 0 Å². The van der Waals surface area contributed by atoms with Crippen molar-refractivity contribution in [3.8, 4) is 11.8 Å². The molecule has 0 heterocycles. The van der Waals surface area contributed by atoms with E-state index in [0.717, 1.165) is 0 Å². The molecule has 0 unspecified atom stereocenters. The average molecular weight is 533 g/mol. The summed E-state index contributed by atoms with van der Waals surface area (Å²) in [5.41, 5.74) is -4.18. The van der Waals surface area contributed by atoms with Gasteiger partial charge in [-0.25, -0.2) is 8.78 Å². The number of rotatable bonds is 5. The molecule has 1 N–H and O–H groups in total. The summed E-state index contributed by atoms with van der Waals surface area (Å²) in [6.07, 6.45) is 0.0742. The molecule has 0 aromatic carbocycles. The van der Waals surface area contributed by atoms with Crippen LogP contribution >= 0.6 is 0 Å². The Kier molecular flexibility index (Phi) is 7.66. The van der Waals surface area contributed by atoms with E-state index >= 15 is 8.78 Å². The van der Waals surface area contributed by atoms with E-state index in [4.69, 9.17) is 9.47 Å². The Morgan fingerprint density at radius 1 is 1.13 bits per heavy atom. The van der Waals surface area contributed by atoms with Crippen molar-refractivity contribution in [2.75, 3.05) is 6.61 Å². The second-order valence-electron chi connectivity index (χ2n) is 11.8. The van der Waals surface area contributed by atoms with Gasteiger partial charge in [0, 0.05) is 41.6 Å². The minimum Gasteiger partial charge on any atom is -0.461 e. The number of allylic oxidation sites excluding steroid dienone is 4. The third-order valence-corrected chi connectivity index (χ3v) is 9.59. The van der Waals surface area contributed by atoms with Gasteiger partial charge in [0.25, 0.3) is 0 Å². The van der Waals surface area contributed by atoms with Crippen molar-refractivity contribution in [3.63, 3.8) is 0 Å². The van der Waals surface area contributed by atoms with Crippen LogP contribution in [0.5, 0.6) is 0 Å². The maximum atomic E-state index is 17.6. The zero-order valence-corrected chi connectivity index (χ0v) is 22.8. The van der Waals surface area contributed by atoms with Gasteiger partial charge in [-0.2, -0.15) is 0 Å². The van der Waals surface area contributed by atoms with Crippen molar-refractivity contribution in [1.82, 2.24) is 0 Å². The number of aliphatic hydroxyl groups is 1. The average Bonchev–Trinajstić information content (AvgIpc) is 3.11. The Morgan fingerprint density at radius 3 is 2.47 bits per heavy atom. The minimum atomic E-state index is -2.22. The normalized spacial score (nSPS) is 41.4. The van der Waals surface area contributed by atoms with E-state index < -0.39 is 46.6 Å². The first-order chi connectivity index (χ1) is 17.8. The third kappa shape index (κ3) is 4.31. The lowest BCUT2D eigenvalue weighted by Crippen LogP contribution is -2.68.